The number of benzene rings is 2. The Balaban J connectivity index is 1.61. The van der Waals surface area contributed by atoms with Gasteiger partial charge in [-0.15, -0.1) is 0 Å². The molecule has 134 valence electrons. The second kappa shape index (κ2) is 6.74. The highest BCUT2D eigenvalue weighted by molar-refractivity contribution is 6.31. The highest BCUT2D eigenvalue weighted by Gasteiger charge is 2.34. The Morgan fingerprint density at radius 1 is 1.04 bits per heavy atom. The predicted octanol–water partition coefficient (Wildman–Crippen LogP) is 4.20. The van der Waals surface area contributed by atoms with Gasteiger partial charge in [-0.25, -0.2) is 9.40 Å². The lowest BCUT2D eigenvalue weighted by Crippen LogP contribution is -2.35. The zero-order valence-corrected chi connectivity index (χ0v) is 14.5. The maximum Gasteiger partial charge on any atom is 0.282 e. The second-order valence-corrected chi connectivity index (χ2v) is 6.26. The van der Waals surface area contributed by atoms with Crippen LogP contribution < -0.4 is 10.4 Å². The predicted molar refractivity (Wildman–Crippen MR) is 99.2 cm³/mol. The van der Waals surface area contributed by atoms with Crippen LogP contribution >= 0.6 is 11.6 Å². The first-order valence-electron chi connectivity index (χ1n) is 8.00. The van der Waals surface area contributed by atoms with Crippen LogP contribution in [0.25, 0.3) is 17.4 Å². The Morgan fingerprint density at radius 3 is 2.56 bits per heavy atom. The molecule has 1 aromatic heterocycles. The van der Waals surface area contributed by atoms with Crippen molar-refractivity contribution in [1.82, 2.24) is 5.43 Å². The third kappa shape index (κ3) is 3.35. The molecule has 0 bridgehead atoms. The summed E-state index contributed by atoms with van der Waals surface area (Å²) in [6, 6.07) is 15.8. The van der Waals surface area contributed by atoms with E-state index in [-0.39, 0.29) is 5.57 Å². The van der Waals surface area contributed by atoms with Crippen molar-refractivity contribution in [3.63, 3.8) is 0 Å². The number of hydrogen-bond acceptors (Lipinski definition) is 3. The van der Waals surface area contributed by atoms with Crippen molar-refractivity contribution in [1.29, 1.82) is 0 Å². The summed E-state index contributed by atoms with van der Waals surface area (Å²) >= 11 is 5.98. The Hall–Kier alpha value is -3.38. The number of halogens is 2. The number of hydrazine groups is 1. The standard InChI is InChI=1S/C20H12ClFN2O3/c21-13-3-1-2-12(10-13)18-9-8-16(27-18)11-17-19(25)23-24(20(17)26)15-6-4-14(22)5-7-15/h1-11H,(H,23,25)/b17-11+. The molecule has 0 unspecified atom stereocenters. The van der Waals surface area contributed by atoms with Crippen molar-refractivity contribution in [2.45, 2.75) is 0 Å². The average molecular weight is 383 g/mol. The number of furan rings is 1. The highest BCUT2D eigenvalue weighted by Crippen LogP contribution is 2.27. The quantitative estimate of drug-likeness (QED) is 0.545. The molecular weight excluding hydrogens is 371 g/mol. The molecule has 1 aliphatic heterocycles. The van der Waals surface area contributed by atoms with E-state index in [4.69, 9.17) is 16.0 Å². The van der Waals surface area contributed by atoms with Crippen LogP contribution in [0.2, 0.25) is 5.02 Å². The fourth-order valence-electron chi connectivity index (χ4n) is 2.70. The highest BCUT2D eigenvalue weighted by atomic mass is 35.5. The van der Waals surface area contributed by atoms with Gasteiger partial charge in [0.25, 0.3) is 11.8 Å². The van der Waals surface area contributed by atoms with Crippen molar-refractivity contribution in [2.24, 2.45) is 0 Å². The lowest BCUT2D eigenvalue weighted by atomic mass is 10.2. The summed E-state index contributed by atoms with van der Waals surface area (Å²) in [5.74, 6) is -0.635. The molecule has 0 radical (unpaired) electrons. The van der Waals surface area contributed by atoms with Gasteiger partial charge in [0.05, 0.1) is 5.69 Å². The van der Waals surface area contributed by atoms with E-state index in [9.17, 15) is 14.0 Å². The first-order valence-corrected chi connectivity index (χ1v) is 8.37. The molecule has 1 saturated heterocycles. The van der Waals surface area contributed by atoms with Gasteiger partial charge in [-0.05, 0) is 54.6 Å². The van der Waals surface area contributed by atoms with E-state index in [1.165, 1.54) is 30.3 Å². The molecule has 7 heteroatoms. The maximum absolute atomic E-state index is 13.1. The normalized spacial score (nSPS) is 15.5. The summed E-state index contributed by atoms with van der Waals surface area (Å²) in [6.07, 6.45) is 1.37. The van der Waals surface area contributed by atoms with Crippen LogP contribution in [-0.2, 0) is 9.59 Å². The molecule has 4 rings (SSSR count). The second-order valence-electron chi connectivity index (χ2n) is 5.83. The third-order valence-electron chi connectivity index (χ3n) is 4.00. The zero-order chi connectivity index (χ0) is 19.0. The van der Waals surface area contributed by atoms with Gasteiger partial charge in [0, 0.05) is 10.6 Å². The summed E-state index contributed by atoms with van der Waals surface area (Å²) in [5.41, 5.74) is 3.51. The number of nitrogens with one attached hydrogen (secondary N) is 1. The van der Waals surface area contributed by atoms with E-state index in [0.29, 0.717) is 22.2 Å². The van der Waals surface area contributed by atoms with Gasteiger partial charge in [0.2, 0.25) is 0 Å². The van der Waals surface area contributed by atoms with E-state index < -0.39 is 17.6 Å². The van der Waals surface area contributed by atoms with E-state index in [1.807, 2.05) is 6.07 Å². The van der Waals surface area contributed by atoms with E-state index >= 15 is 0 Å². The van der Waals surface area contributed by atoms with Crippen LogP contribution in [0.4, 0.5) is 10.1 Å². The monoisotopic (exact) mass is 382 g/mol. The Morgan fingerprint density at radius 2 is 1.81 bits per heavy atom. The number of hydrogen-bond donors (Lipinski definition) is 1. The summed E-state index contributed by atoms with van der Waals surface area (Å²) < 4.78 is 18.8. The smallest absolute Gasteiger partial charge is 0.282 e. The van der Waals surface area contributed by atoms with Crippen molar-refractivity contribution >= 4 is 35.2 Å². The number of anilines is 1. The molecule has 3 aromatic rings. The van der Waals surface area contributed by atoms with Crippen LogP contribution in [0.1, 0.15) is 5.76 Å². The molecule has 1 aliphatic rings. The molecule has 1 N–H and O–H groups in total. The SMILES string of the molecule is O=C1NN(c2ccc(F)cc2)C(=O)/C1=C/c1ccc(-c2cccc(Cl)c2)o1. The molecule has 2 aromatic carbocycles. The third-order valence-corrected chi connectivity index (χ3v) is 4.23. The summed E-state index contributed by atoms with van der Waals surface area (Å²) in [6.45, 7) is 0. The minimum Gasteiger partial charge on any atom is -0.457 e. The van der Waals surface area contributed by atoms with Crippen LogP contribution in [0, 0.1) is 5.82 Å². The van der Waals surface area contributed by atoms with Gasteiger partial charge in [-0.3, -0.25) is 15.0 Å². The van der Waals surface area contributed by atoms with Crippen molar-refractivity contribution in [3.8, 4) is 11.3 Å². The Labute approximate surface area is 158 Å². The van der Waals surface area contributed by atoms with Gasteiger partial charge in [0.1, 0.15) is 22.9 Å². The molecule has 27 heavy (non-hydrogen) atoms. The lowest BCUT2D eigenvalue weighted by molar-refractivity contribution is -0.117. The van der Waals surface area contributed by atoms with Crippen LogP contribution in [0.3, 0.4) is 0 Å². The number of carbonyl (C=O) groups excluding carboxylic acids is 2. The van der Waals surface area contributed by atoms with Crippen molar-refractivity contribution in [2.75, 3.05) is 5.01 Å². The minimum atomic E-state index is -0.565. The topological polar surface area (TPSA) is 62.6 Å². The first-order chi connectivity index (χ1) is 13.0. The Bertz CT molecular complexity index is 1070. The summed E-state index contributed by atoms with van der Waals surface area (Å²) in [5, 5.41) is 1.64. The Kier molecular flexibility index (Phi) is 4.25. The molecule has 0 aliphatic carbocycles. The average Bonchev–Trinajstić information content (AvgIpc) is 3.23. The molecular formula is C20H12ClFN2O3. The molecule has 0 atom stereocenters. The van der Waals surface area contributed by atoms with Crippen LogP contribution in [0.5, 0.6) is 0 Å². The van der Waals surface area contributed by atoms with Crippen LogP contribution in [0.15, 0.2) is 70.7 Å². The van der Waals surface area contributed by atoms with Gasteiger partial charge < -0.3 is 4.42 Å². The van der Waals surface area contributed by atoms with Gasteiger partial charge in [-0.1, -0.05) is 23.7 Å². The lowest BCUT2D eigenvalue weighted by Gasteiger charge is -2.14. The molecule has 2 amide bonds. The van der Waals surface area contributed by atoms with E-state index in [2.05, 4.69) is 5.43 Å². The number of carbonyl (C=O) groups is 2. The maximum atomic E-state index is 13.1. The number of amides is 2. The first kappa shape index (κ1) is 17.1. The fourth-order valence-corrected chi connectivity index (χ4v) is 2.89. The molecule has 0 spiro atoms. The molecule has 1 fully saturated rings. The van der Waals surface area contributed by atoms with Crippen molar-refractivity contribution < 1.29 is 18.4 Å². The summed E-state index contributed by atoms with van der Waals surface area (Å²) in [4.78, 5) is 24.7. The van der Waals surface area contributed by atoms with Crippen LogP contribution in [-0.4, -0.2) is 11.8 Å². The largest absolute Gasteiger partial charge is 0.457 e. The van der Waals surface area contributed by atoms with Gasteiger partial charge >= 0.3 is 0 Å². The van der Waals surface area contributed by atoms with Gasteiger partial charge in [-0.2, -0.15) is 0 Å². The molecule has 0 saturated carbocycles. The van der Waals surface area contributed by atoms with Crippen molar-refractivity contribution in [3.05, 3.63) is 82.8 Å². The van der Waals surface area contributed by atoms with Gasteiger partial charge in [0.15, 0.2) is 0 Å². The number of rotatable bonds is 3. The fraction of sp³-hybridized carbons (Fsp3) is 0. The zero-order valence-electron chi connectivity index (χ0n) is 13.8. The molecule has 5 nitrogen and oxygen atoms in total. The molecule has 2 heterocycles. The van der Waals surface area contributed by atoms with E-state index in [0.717, 1.165) is 10.6 Å². The minimum absolute atomic E-state index is 0.0775. The summed E-state index contributed by atoms with van der Waals surface area (Å²) in [7, 11) is 0. The van der Waals surface area contributed by atoms with E-state index in [1.54, 1.807) is 30.3 Å². The number of nitrogens with zero attached hydrogens (tertiary/aromatic N) is 1.